The predicted molar refractivity (Wildman–Crippen MR) is 115 cm³/mol. The average Bonchev–Trinajstić information content (AvgIpc) is 2.89. The Morgan fingerprint density at radius 1 is 0.917 bits per heavy atom. The molecule has 2 fully saturated rings. The number of fused-ring (bicyclic) bond motifs is 1. The number of ketones is 1. The molecule has 3 rings (SSSR count). The predicted octanol–water partition coefficient (Wildman–Crippen LogP) is 1.91. The first-order valence-corrected chi connectivity index (χ1v) is 14.0. The highest BCUT2D eigenvalue weighted by Gasteiger charge is 2.74. The normalized spacial score (nSPS) is 34.2. The highest BCUT2D eigenvalue weighted by molar-refractivity contribution is 6.73. The van der Waals surface area contributed by atoms with Gasteiger partial charge < -0.3 is 34.3 Å². The monoisotopic (exact) mass is 544 g/mol. The number of hydrogen-bond acceptors (Lipinski definition) is 8. The fourth-order valence-corrected chi connectivity index (χ4v) is 7.74. The Labute approximate surface area is 204 Å². The number of ether oxygens (including phenoxy) is 2. The first-order valence-electron chi connectivity index (χ1n) is 11.5. The lowest BCUT2D eigenvalue weighted by Gasteiger charge is -2.64. The maximum Gasteiger partial charge on any atom is 0.253 e. The zero-order valence-corrected chi connectivity index (χ0v) is 21.0. The summed E-state index contributed by atoms with van der Waals surface area (Å²) in [5, 5.41) is 43.0. The van der Waals surface area contributed by atoms with Gasteiger partial charge in [-0.3, -0.25) is 4.79 Å². The molecule has 0 spiro atoms. The zero-order chi connectivity index (χ0) is 27.4. The van der Waals surface area contributed by atoms with E-state index in [-0.39, 0.29) is 0 Å². The molecular weight excluding hydrogens is 515 g/mol. The van der Waals surface area contributed by atoms with Gasteiger partial charge in [0, 0.05) is 5.92 Å². The fraction of sp³-hybridized carbons (Fsp3) is 0.682. The van der Waals surface area contributed by atoms with Crippen LogP contribution in [0, 0.1) is 35.0 Å². The molecule has 0 aromatic heterocycles. The Morgan fingerprint density at radius 2 is 1.39 bits per heavy atom. The van der Waals surface area contributed by atoms with E-state index in [1.807, 2.05) is 0 Å². The van der Waals surface area contributed by atoms with Crippen LogP contribution in [0.4, 0.5) is 22.0 Å². The molecule has 1 saturated carbocycles. The number of benzene rings is 1. The largest absolute Gasteiger partial charge is 0.479 e. The van der Waals surface area contributed by atoms with Crippen molar-refractivity contribution in [3.05, 3.63) is 29.1 Å². The minimum atomic E-state index is -2.91. The first-order chi connectivity index (χ1) is 16.7. The van der Waals surface area contributed by atoms with Crippen LogP contribution in [0.3, 0.4) is 0 Å². The van der Waals surface area contributed by atoms with E-state index in [1.165, 1.54) is 6.92 Å². The van der Waals surface area contributed by atoms with Crippen molar-refractivity contribution in [2.45, 2.75) is 81.6 Å². The van der Waals surface area contributed by atoms with E-state index in [0.29, 0.717) is 18.1 Å². The van der Waals surface area contributed by atoms with Crippen molar-refractivity contribution in [2.75, 3.05) is 6.61 Å². The van der Waals surface area contributed by atoms with Gasteiger partial charge in [-0.2, -0.15) is 8.78 Å². The van der Waals surface area contributed by atoms with Gasteiger partial charge in [-0.05, 0) is 18.1 Å². The summed E-state index contributed by atoms with van der Waals surface area (Å²) in [4.78, 5) is 13.4. The third kappa shape index (κ3) is 3.97. The second-order valence-electron chi connectivity index (χ2n) is 9.22. The van der Waals surface area contributed by atoms with Gasteiger partial charge in [0.25, 0.3) is 5.79 Å². The van der Waals surface area contributed by atoms with E-state index in [4.69, 9.17) is 9.16 Å². The maximum atomic E-state index is 14.1. The number of aliphatic hydroxyl groups excluding tert-OH is 3. The number of hydrogen-bond donors (Lipinski definition) is 4. The first kappa shape index (κ1) is 28.9. The fourth-order valence-electron chi connectivity index (χ4n) is 4.88. The molecule has 0 bridgehead atoms. The van der Waals surface area contributed by atoms with E-state index in [1.54, 1.807) is 20.8 Å². The lowest BCUT2D eigenvalue weighted by atomic mass is 9.59. The second kappa shape index (κ2) is 9.89. The molecule has 4 N–H and O–H groups in total. The van der Waals surface area contributed by atoms with Crippen molar-refractivity contribution in [1.82, 2.24) is 0 Å². The van der Waals surface area contributed by atoms with E-state index in [9.17, 15) is 47.2 Å². The summed E-state index contributed by atoms with van der Waals surface area (Å²) >= 11 is 0. The minimum absolute atomic E-state index is 0.396. The molecule has 8 nitrogen and oxygen atoms in total. The van der Waals surface area contributed by atoms with Gasteiger partial charge in [-0.15, -0.1) is 0 Å². The summed E-state index contributed by atoms with van der Waals surface area (Å²) in [5.74, 6) is -18.5. The van der Waals surface area contributed by atoms with Crippen molar-refractivity contribution in [2.24, 2.45) is 5.92 Å². The van der Waals surface area contributed by atoms with E-state index < -0.39 is 97.3 Å². The second-order valence-corrected chi connectivity index (χ2v) is 13.9. The average molecular weight is 545 g/mol. The van der Waals surface area contributed by atoms with Crippen molar-refractivity contribution >= 4 is 14.1 Å². The molecule has 1 aromatic rings. The van der Waals surface area contributed by atoms with E-state index >= 15 is 0 Å². The maximum absolute atomic E-state index is 14.1. The van der Waals surface area contributed by atoms with Gasteiger partial charge >= 0.3 is 0 Å². The number of aliphatic hydroxyl groups is 4. The van der Waals surface area contributed by atoms with Crippen molar-refractivity contribution in [3.63, 3.8) is 0 Å². The summed E-state index contributed by atoms with van der Waals surface area (Å²) < 4.78 is 85.0. The van der Waals surface area contributed by atoms with Crippen molar-refractivity contribution < 1.29 is 61.1 Å². The molecule has 14 heteroatoms. The van der Waals surface area contributed by atoms with E-state index in [0.717, 1.165) is 0 Å². The van der Waals surface area contributed by atoms with Crippen molar-refractivity contribution in [1.29, 1.82) is 0 Å². The molecule has 0 amide bonds. The minimum Gasteiger partial charge on any atom is -0.479 e. The van der Waals surface area contributed by atoms with E-state index in [2.05, 4.69) is 4.74 Å². The molecule has 7 atom stereocenters. The van der Waals surface area contributed by atoms with Gasteiger partial charge in [-0.25, -0.2) is 13.2 Å². The molecule has 36 heavy (non-hydrogen) atoms. The van der Waals surface area contributed by atoms with Crippen LogP contribution < -0.4 is 4.74 Å². The standard InChI is InChI=1S/C22H29F5O8Si/c1-5-36(6-2,7-3)35-22(19(31)18(30)21(32)9(4)16(29)20(21)34-22)10(28)8-33-17-14(26)12(24)11(23)13(25)15(17)27/h9,16,18-20,29-32H,5-8H2,1-4H3/t9?,16?,18-,19-,20-,21+,22+/m1/s1. The highest BCUT2D eigenvalue weighted by Crippen LogP contribution is 2.52. The summed E-state index contributed by atoms with van der Waals surface area (Å²) in [7, 11) is -2.91. The molecule has 1 aromatic carbocycles. The molecule has 2 unspecified atom stereocenters. The number of rotatable bonds is 9. The third-order valence-electron chi connectivity index (χ3n) is 7.68. The van der Waals surface area contributed by atoms with Crippen LogP contribution in [-0.2, 0) is 14.0 Å². The smallest absolute Gasteiger partial charge is 0.253 e. The van der Waals surface area contributed by atoms with Crippen LogP contribution in [0.1, 0.15) is 27.7 Å². The Bertz CT molecular complexity index is 985. The molecule has 1 heterocycles. The van der Waals surface area contributed by atoms with Gasteiger partial charge in [-0.1, -0.05) is 27.7 Å². The van der Waals surface area contributed by atoms with Gasteiger partial charge in [0.05, 0.1) is 6.10 Å². The number of carbonyl (C=O) groups is 1. The zero-order valence-electron chi connectivity index (χ0n) is 20.0. The molecule has 2 aliphatic rings. The van der Waals surface area contributed by atoms with Crippen LogP contribution >= 0.6 is 0 Å². The van der Waals surface area contributed by atoms with Crippen LogP contribution in [0.15, 0.2) is 0 Å². The topological polar surface area (TPSA) is 126 Å². The number of Topliss-reactive ketones (excluding diaryl/α,β-unsaturated/α-hetero) is 1. The summed E-state index contributed by atoms with van der Waals surface area (Å²) in [6.07, 6.45) is -7.30. The van der Waals surface area contributed by atoms with Crippen LogP contribution in [-0.4, -0.2) is 76.9 Å². The molecule has 1 aliphatic heterocycles. The Balaban J connectivity index is 2.04. The number of halogens is 5. The Morgan fingerprint density at radius 3 is 1.86 bits per heavy atom. The third-order valence-corrected chi connectivity index (χ3v) is 12.3. The van der Waals surface area contributed by atoms with Gasteiger partial charge in [0.1, 0.15) is 23.9 Å². The quantitative estimate of drug-likeness (QED) is 0.161. The summed E-state index contributed by atoms with van der Waals surface area (Å²) in [5.41, 5.74) is -2.15. The molecule has 204 valence electrons. The van der Waals surface area contributed by atoms with Crippen LogP contribution in [0.25, 0.3) is 0 Å². The molecule has 1 saturated heterocycles. The van der Waals surface area contributed by atoms with Gasteiger partial charge in [0.15, 0.2) is 20.7 Å². The summed E-state index contributed by atoms with van der Waals surface area (Å²) in [6, 6.07) is 1.19. The highest BCUT2D eigenvalue weighted by atomic mass is 28.4. The van der Waals surface area contributed by atoms with Crippen molar-refractivity contribution in [3.8, 4) is 5.75 Å². The van der Waals surface area contributed by atoms with Gasteiger partial charge in [0.2, 0.25) is 34.9 Å². The molecule has 1 aliphatic carbocycles. The molecule has 0 radical (unpaired) electrons. The van der Waals surface area contributed by atoms with Crippen LogP contribution in [0.5, 0.6) is 5.75 Å². The SMILES string of the molecule is CC[Si](CC)(CC)O[C@]1(C(=O)COc2c(F)c(F)c(F)c(F)c2F)O[C@@H]2C(O)C(C)[C@]2(O)[C@H](O)[C@H]1O. The van der Waals surface area contributed by atoms with Crippen LogP contribution in [0.2, 0.25) is 18.1 Å². The Hall–Kier alpha value is -1.68. The lowest BCUT2D eigenvalue weighted by molar-refractivity contribution is -0.411. The summed E-state index contributed by atoms with van der Waals surface area (Å²) in [6.45, 7) is 5.24. The number of carbonyl (C=O) groups excluding carboxylic acids is 1. The lowest BCUT2D eigenvalue weighted by Crippen LogP contribution is -2.85. The Kier molecular flexibility index (Phi) is 7.93. The molecular formula is C22H29F5O8Si.